The molecule has 0 N–H and O–H groups in total. The summed E-state index contributed by atoms with van der Waals surface area (Å²) in [5.41, 5.74) is 1.61. The van der Waals surface area contributed by atoms with Gasteiger partial charge in [-0.05, 0) is 49.0 Å². The van der Waals surface area contributed by atoms with Crippen molar-refractivity contribution in [2.45, 2.75) is 6.92 Å². The van der Waals surface area contributed by atoms with Crippen LogP contribution in [0.3, 0.4) is 0 Å². The van der Waals surface area contributed by atoms with Crippen molar-refractivity contribution >= 4 is 61.7 Å². The number of fused-ring (bicyclic) bond motifs is 1. The van der Waals surface area contributed by atoms with Crippen LogP contribution in [-0.4, -0.2) is 28.4 Å². The van der Waals surface area contributed by atoms with Gasteiger partial charge in [0.1, 0.15) is 11.8 Å². The van der Waals surface area contributed by atoms with Gasteiger partial charge < -0.3 is 4.42 Å². The summed E-state index contributed by atoms with van der Waals surface area (Å²) in [6, 6.07) is 11.9. The zero-order chi connectivity index (χ0) is 21.4. The topological polar surface area (TPSA) is 84.7 Å². The molecule has 2 heterocycles. The van der Waals surface area contributed by atoms with Crippen LogP contribution >= 0.6 is 27.7 Å². The number of carbonyl (C=O) groups excluding carboxylic acids is 3. The Morgan fingerprint density at radius 3 is 2.60 bits per heavy atom. The molecule has 3 aromatic rings. The van der Waals surface area contributed by atoms with Crippen molar-refractivity contribution < 1.29 is 18.8 Å². The number of imide groups is 1. The lowest BCUT2D eigenvalue weighted by molar-refractivity contribution is -0.122. The van der Waals surface area contributed by atoms with Crippen molar-refractivity contribution in [1.29, 1.82) is 0 Å². The van der Waals surface area contributed by atoms with Gasteiger partial charge in [0.05, 0.1) is 22.4 Å². The average Bonchev–Trinajstić information content (AvgIpc) is 2.98. The molecule has 0 atom stereocenters. The fraction of sp³-hybridized carbons (Fsp3) is 0.0909. The van der Waals surface area contributed by atoms with Gasteiger partial charge in [-0.2, -0.15) is 0 Å². The molecule has 0 saturated carbocycles. The van der Waals surface area contributed by atoms with Crippen LogP contribution in [0.4, 0.5) is 4.79 Å². The van der Waals surface area contributed by atoms with Gasteiger partial charge in [0.2, 0.25) is 0 Å². The standard InChI is InChI=1S/C22H14BrNO5S/c1-12-2-7-18-16(8-12)20(26)14(11-29-18)9-19-21(27)24(22(28)30-19)10-17(25)13-3-5-15(23)6-4-13/h2-9,11H,10H2,1H3/b19-9-. The van der Waals surface area contributed by atoms with Gasteiger partial charge in [0, 0.05) is 10.0 Å². The van der Waals surface area contributed by atoms with E-state index in [-0.39, 0.29) is 28.2 Å². The number of carbonyl (C=O) groups is 3. The van der Waals surface area contributed by atoms with Crippen molar-refractivity contribution in [3.63, 3.8) is 0 Å². The second kappa shape index (κ2) is 8.04. The first-order valence-electron chi connectivity index (χ1n) is 8.90. The van der Waals surface area contributed by atoms with Gasteiger partial charge in [-0.15, -0.1) is 0 Å². The largest absolute Gasteiger partial charge is 0.463 e. The Morgan fingerprint density at radius 2 is 1.87 bits per heavy atom. The monoisotopic (exact) mass is 483 g/mol. The van der Waals surface area contributed by atoms with E-state index in [1.807, 2.05) is 13.0 Å². The van der Waals surface area contributed by atoms with Crippen molar-refractivity contribution in [2.24, 2.45) is 0 Å². The van der Waals surface area contributed by atoms with Crippen LogP contribution in [0, 0.1) is 6.92 Å². The van der Waals surface area contributed by atoms with Crippen molar-refractivity contribution in [1.82, 2.24) is 4.90 Å². The lowest BCUT2D eigenvalue weighted by atomic mass is 10.1. The second-order valence-corrected chi connectivity index (χ2v) is 8.63. The first-order valence-corrected chi connectivity index (χ1v) is 10.5. The van der Waals surface area contributed by atoms with Crippen LogP contribution in [0.15, 0.2) is 67.3 Å². The molecule has 1 aliphatic rings. The predicted molar refractivity (Wildman–Crippen MR) is 118 cm³/mol. The summed E-state index contributed by atoms with van der Waals surface area (Å²) in [5.74, 6) is -0.967. The molecule has 30 heavy (non-hydrogen) atoms. The molecule has 1 fully saturated rings. The molecular weight excluding hydrogens is 470 g/mol. The van der Waals surface area contributed by atoms with E-state index in [0.717, 1.165) is 14.9 Å². The van der Waals surface area contributed by atoms with Gasteiger partial charge in [0.25, 0.3) is 11.1 Å². The highest BCUT2D eigenvalue weighted by molar-refractivity contribution is 9.10. The summed E-state index contributed by atoms with van der Waals surface area (Å²) in [5, 5.41) is -0.161. The van der Waals surface area contributed by atoms with E-state index >= 15 is 0 Å². The quantitative estimate of drug-likeness (QED) is 0.392. The van der Waals surface area contributed by atoms with Gasteiger partial charge in [-0.3, -0.25) is 24.1 Å². The maximum absolute atomic E-state index is 12.7. The molecule has 0 spiro atoms. The third-order valence-electron chi connectivity index (χ3n) is 4.58. The first-order chi connectivity index (χ1) is 14.3. The molecule has 0 radical (unpaired) electrons. The van der Waals surface area contributed by atoms with E-state index in [0.29, 0.717) is 28.3 Å². The minimum Gasteiger partial charge on any atom is -0.463 e. The van der Waals surface area contributed by atoms with Crippen LogP contribution in [0.2, 0.25) is 0 Å². The molecule has 1 saturated heterocycles. The summed E-state index contributed by atoms with van der Waals surface area (Å²) in [6.45, 7) is 1.49. The maximum atomic E-state index is 12.7. The van der Waals surface area contributed by atoms with E-state index < -0.39 is 11.1 Å². The Kier molecular flexibility index (Phi) is 5.44. The van der Waals surface area contributed by atoms with Crippen LogP contribution < -0.4 is 5.43 Å². The Hall–Kier alpha value is -2.97. The second-order valence-electron chi connectivity index (χ2n) is 6.72. The summed E-state index contributed by atoms with van der Waals surface area (Å²) in [7, 11) is 0. The van der Waals surface area contributed by atoms with E-state index in [1.165, 1.54) is 12.3 Å². The Morgan fingerprint density at radius 1 is 1.13 bits per heavy atom. The normalized spacial score (nSPS) is 15.4. The number of nitrogens with zero attached hydrogens (tertiary/aromatic N) is 1. The molecule has 8 heteroatoms. The van der Waals surface area contributed by atoms with Crippen LogP contribution in [0.1, 0.15) is 21.5 Å². The molecule has 2 amide bonds. The number of rotatable bonds is 4. The maximum Gasteiger partial charge on any atom is 0.293 e. The first kappa shape index (κ1) is 20.3. The number of hydrogen-bond acceptors (Lipinski definition) is 6. The minimum atomic E-state index is -0.612. The number of halogens is 1. The average molecular weight is 484 g/mol. The summed E-state index contributed by atoms with van der Waals surface area (Å²) in [4.78, 5) is 51.2. The smallest absolute Gasteiger partial charge is 0.293 e. The number of hydrogen-bond donors (Lipinski definition) is 0. The van der Waals surface area contributed by atoms with Gasteiger partial charge in [-0.1, -0.05) is 39.7 Å². The molecule has 2 aromatic carbocycles. The fourth-order valence-electron chi connectivity index (χ4n) is 3.01. The number of aryl methyl sites for hydroxylation is 1. The third-order valence-corrected chi connectivity index (χ3v) is 6.02. The molecule has 0 unspecified atom stereocenters. The SMILES string of the molecule is Cc1ccc2occ(/C=C3\SC(=O)N(CC(=O)c4ccc(Br)cc4)C3=O)c(=O)c2c1. The Bertz CT molecular complexity index is 1290. The highest BCUT2D eigenvalue weighted by Gasteiger charge is 2.36. The van der Waals surface area contributed by atoms with E-state index in [9.17, 15) is 19.2 Å². The van der Waals surface area contributed by atoms with Crippen molar-refractivity contribution in [3.8, 4) is 0 Å². The summed E-state index contributed by atoms with van der Waals surface area (Å²) in [6.07, 6.45) is 2.60. The Balaban J connectivity index is 1.61. The number of Topliss-reactive ketones (excluding diaryl/α,β-unsaturated/α-hetero) is 1. The third kappa shape index (κ3) is 3.88. The number of amides is 2. The van der Waals surface area contributed by atoms with Crippen molar-refractivity contribution in [3.05, 3.63) is 85.0 Å². The number of ketones is 1. The molecule has 150 valence electrons. The van der Waals surface area contributed by atoms with Gasteiger partial charge >= 0.3 is 0 Å². The lowest BCUT2D eigenvalue weighted by Gasteiger charge is -2.11. The fourth-order valence-corrected chi connectivity index (χ4v) is 4.10. The molecule has 0 bridgehead atoms. The highest BCUT2D eigenvalue weighted by Crippen LogP contribution is 2.32. The zero-order valence-corrected chi connectivity index (χ0v) is 18.1. The Labute approximate surface area is 183 Å². The number of benzene rings is 2. The molecule has 4 rings (SSSR count). The predicted octanol–water partition coefficient (Wildman–Crippen LogP) is 4.78. The molecule has 1 aromatic heterocycles. The molecular formula is C22H14BrNO5S. The molecule has 6 nitrogen and oxygen atoms in total. The van der Waals surface area contributed by atoms with E-state index in [2.05, 4.69) is 15.9 Å². The molecule has 0 aliphatic carbocycles. The zero-order valence-electron chi connectivity index (χ0n) is 15.7. The van der Waals surface area contributed by atoms with E-state index in [4.69, 9.17) is 4.42 Å². The van der Waals surface area contributed by atoms with Crippen LogP contribution in [0.25, 0.3) is 17.0 Å². The number of thioether (sulfide) groups is 1. The van der Waals surface area contributed by atoms with Crippen LogP contribution in [-0.2, 0) is 4.79 Å². The van der Waals surface area contributed by atoms with Gasteiger partial charge in [-0.25, -0.2) is 0 Å². The van der Waals surface area contributed by atoms with Gasteiger partial charge in [0.15, 0.2) is 11.2 Å². The lowest BCUT2D eigenvalue weighted by Crippen LogP contribution is -2.33. The summed E-state index contributed by atoms with van der Waals surface area (Å²) < 4.78 is 6.31. The minimum absolute atomic E-state index is 0.0721. The van der Waals surface area contributed by atoms with E-state index in [1.54, 1.807) is 36.4 Å². The molecule has 1 aliphatic heterocycles. The van der Waals surface area contributed by atoms with Crippen LogP contribution in [0.5, 0.6) is 0 Å². The summed E-state index contributed by atoms with van der Waals surface area (Å²) >= 11 is 3.98. The van der Waals surface area contributed by atoms with Crippen molar-refractivity contribution in [2.75, 3.05) is 6.54 Å². The highest BCUT2D eigenvalue weighted by atomic mass is 79.9.